The Labute approximate surface area is 224 Å². The molecule has 2 heterocycles. The molecule has 2 aliphatic rings. The summed E-state index contributed by atoms with van der Waals surface area (Å²) in [5, 5.41) is 3.08. The number of hydrogen-bond acceptors (Lipinski definition) is 4. The van der Waals surface area contributed by atoms with Crippen LogP contribution in [0.2, 0.25) is 0 Å². The molecule has 2 amide bonds. The maximum Gasteiger partial charge on any atom is 0.416 e. The first kappa shape index (κ1) is 26.5. The largest absolute Gasteiger partial charge is 0.457 e. The molecular weight excluding hydrogens is 507 g/mol. The second kappa shape index (κ2) is 10.6. The molecule has 1 spiro atoms. The van der Waals surface area contributed by atoms with Gasteiger partial charge in [-0.05, 0) is 98.3 Å². The summed E-state index contributed by atoms with van der Waals surface area (Å²) in [6.07, 6.45) is 1.37. The minimum atomic E-state index is -4.40. The van der Waals surface area contributed by atoms with Crippen LogP contribution in [0.5, 0.6) is 11.5 Å². The molecule has 0 radical (unpaired) electrons. The number of amides is 2. The second-order valence-corrected chi connectivity index (χ2v) is 10.1. The van der Waals surface area contributed by atoms with Crippen LogP contribution in [0.15, 0.2) is 72.8 Å². The minimum absolute atomic E-state index is 0.0429. The Morgan fingerprint density at radius 2 is 1.64 bits per heavy atom. The van der Waals surface area contributed by atoms with E-state index in [0.29, 0.717) is 24.4 Å². The van der Waals surface area contributed by atoms with Crippen LogP contribution in [-0.4, -0.2) is 40.8 Å². The molecule has 1 saturated heterocycles. The highest BCUT2D eigenvalue weighted by atomic mass is 19.4. The van der Waals surface area contributed by atoms with Gasteiger partial charge in [0, 0.05) is 36.5 Å². The zero-order valence-electron chi connectivity index (χ0n) is 21.4. The first-order valence-electron chi connectivity index (χ1n) is 12.8. The minimum Gasteiger partial charge on any atom is -0.457 e. The van der Waals surface area contributed by atoms with E-state index in [1.165, 1.54) is 18.2 Å². The van der Waals surface area contributed by atoms with Crippen molar-refractivity contribution in [3.63, 3.8) is 0 Å². The lowest BCUT2D eigenvalue weighted by Crippen LogP contribution is -2.41. The fourth-order valence-electron chi connectivity index (χ4n) is 4.99. The van der Waals surface area contributed by atoms with E-state index in [4.69, 9.17) is 4.74 Å². The van der Waals surface area contributed by atoms with Gasteiger partial charge in [-0.3, -0.25) is 14.6 Å². The van der Waals surface area contributed by atoms with Crippen molar-refractivity contribution in [2.75, 3.05) is 13.1 Å². The van der Waals surface area contributed by atoms with Gasteiger partial charge in [-0.25, -0.2) is 0 Å². The van der Waals surface area contributed by atoms with Gasteiger partial charge in [0.05, 0.1) is 11.3 Å². The standard InChI is InChI=1S/C30H28F3N3O3/c1-20-3-2-4-23(34-20)9-14-27(37)35-26-19-29(26)15-17-36(18-16-29)28(38)21-5-10-24(11-6-21)39-25-12-7-22(8-13-25)30(31,32)33/h2-14,26H,15-19H2,1H3,(H,35,37)/b14-9+. The van der Waals surface area contributed by atoms with E-state index >= 15 is 0 Å². The zero-order valence-corrected chi connectivity index (χ0v) is 21.4. The monoisotopic (exact) mass is 535 g/mol. The van der Waals surface area contributed by atoms with Crippen molar-refractivity contribution >= 4 is 17.9 Å². The molecule has 2 fully saturated rings. The predicted molar refractivity (Wildman–Crippen MR) is 140 cm³/mol. The third-order valence-electron chi connectivity index (χ3n) is 7.39. The summed E-state index contributed by atoms with van der Waals surface area (Å²) in [5.41, 5.74) is 1.44. The molecule has 1 aliphatic heterocycles. The Bertz CT molecular complexity index is 1380. The van der Waals surface area contributed by atoms with E-state index in [-0.39, 0.29) is 29.0 Å². The Kier molecular flexibility index (Phi) is 7.16. The van der Waals surface area contributed by atoms with E-state index in [2.05, 4.69) is 10.3 Å². The molecule has 0 bridgehead atoms. The molecule has 1 aromatic heterocycles. The number of hydrogen-bond donors (Lipinski definition) is 1. The number of alkyl halides is 3. The van der Waals surface area contributed by atoms with E-state index in [0.717, 1.165) is 42.8 Å². The summed E-state index contributed by atoms with van der Waals surface area (Å²) in [4.78, 5) is 31.6. The number of rotatable bonds is 6. The van der Waals surface area contributed by atoms with Gasteiger partial charge in [0.1, 0.15) is 11.5 Å². The molecule has 1 atom stereocenters. The SMILES string of the molecule is Cc1cccc(/C=C/C(=O)NC2CC23CCN(C(=O)c2ccc(Oc4ccc(C(F)(F)F)cc4)cc2)CC3)n1. The number of likely N-dealkylation sites (tertiary alicyclic amines) is 1. The van der Waals surface area contributed by atoms with Crippen molar-refractivity contribution < 1.29 is 27.5 Å². The van der Waals surface area contributed by atoms with Gasteiger partial charge in [0.25, 0.3) is 5.91 Å². The van der Waals surface area contributed by atoms with Crippen LogP contribution in [-0.2, 0) is 11.0 Å². The molecule has 6 nitrogen and oxygen atoms in total. The van der Waals surface area contributed by atoms with Crippen molar-refractivity contribution in [3.8, 4) is 11.5 Å². The molecular formula is C30H28F3N3O3. The third kappa shape index (κ3) is 6.30. The summed E-state index contributed by atoms with van der Waals surface area (Å²) in [7, 11) is 0. The number of aryl methyl sites for hydroxylation is 1. The molecule has 1 unspecified atom stereocenters. The number of nitrogens with one attached hydrogen (secondary N) is 1. The summed E-state index contributed by atoms with van der Waals surface area (Å²) >= 11 is 0. The molecule has 39 heavy (non-hydrogen) atoms. The number of nitrogens with zero attached hydrogens (tertiary/aromatic N) is 2. The van der Waals surface area contributed by atoms with Gasteiger partial charge in [-0.2, -0.15) is 13.2 Å². The number of carbonyl (C=O) groups excluding carboxylic acids is 2. The smallest absolute Gasteiger partial charge is 0.416 e. The molecule has 3 aromatic rings. The van der Waals surface area contributed by atoms with Crippen molar-refractivity contribution in [2.45, 2.75) is 38.4 Å². The molecule has 9 heteroatoms. The average Bonchev–Trinajstić information content (AvgIpc) is 3.57. The Morgan fingerprint density at radius 3 is 2.26 bits per heavy atom. The molecule has 1 N–H and O–H groups in total. The Morgan fingerprint density at radius 1 is 1.00 bits per heavy atom. The molecule has 1 aliphatic carbocycles. The fourth-order valence-corrected chi connectivity index (χ4v) is 4.99. The number of carbonyl (C=O) groups is 2. The van der Waals surface area contributed by atoms with Crippen LogP contribution < -0.4 is 10.1 Å². The van der Waals surface area contributed by atoms with Crippen molar-refractivity contribution in [1.29, 1.82) is 0 Å². The quantitative estimate of drug-likeness (QED) is 0.392. The highest BCUT2D eigenvalue weighted by Crippen LogP contribution is 2.54. The number of benzene rings is 2. The number of pyridine rings is 1. The summed E-state index contributed by atoms with van der Waals surface area (Å²) < 4.78 is 43.8. The number of halogens is 3. The van der Waals surface area contributed by atoms with Crippen LogP contribution in [0.3, 0.4) is 0 Å². The van der Waals surface area contributed by atoms with E-state index in [1.54, 1.807) is 30.3 Å². The van der Waals surface area contributed by atoms with Gasteiger partial charge in [-0.15, -0.1) is 0 Å². The Balaban J connectivity index is 1.10. The lowest BCUT2D eigenvalue weighted by atomic mass is 9.92. The van der Waals surface area contributed by atoms with Crippen LogP contribution in [0.1, 0.15) is 46.6 Å². The predicted octanol–water partition coefficient (Wildman–Crippen LogP) is 6.03. The lowest BCUT2D eigenvalue weighted by molar-refractivity contribution is -0.137. The van der Waals surface area contributed by atoms with Crippen molar-refractivity contribution in [3.05, 3.63) is 95.3 Å². The van der Waals surface area contributed by atoms with Crippen LogP contribution in [0, 0.1) is 12.3 Å². The molecule has 1 saturated carbocycles. The van der Waals surface area contributed by atoms with Gasteiger partial charge in [0.15, 0.2) is 0 Å². The number of ether oxygens (including phenoxy) is 1. The summed E-state index contributed by atoms with van der Waals surface area (Å²) in [6.45, 7) is 3.12. The second-order valence-electron chi connectivity index (χ2n) is 10.1. The molecule has 2 aromatic carbocycles. The maximum absolute atomic E-state index is 13.0. The molecule has 5 rings (SSSR count). The molecule has 202 valence electrons. The van der Waals surface area contributed by atoms with E-state index < -0.39 is 11.7 Å². The van der Waals surface area contributed by atoms with E-state index in [1.807, 2.05) is 30.0 Å². The summed E-state index contributed by atoms with van der Waals surface area (Å²) in [6, 6.07) is 16.8. The normalized spacial score (nSPS) is 18.3. The topological polar surface area (TPSA) is 71.5 Å². The highest BCUT2D eigenvalue weighted by molar-refractivity contribution is 5.94. The third-order valence-corrected chi connectivity index (χ3v) is 7.39. The maximum atomic E-state index is 13.0. The van der Waals surface area contributed by atoms with Gasteiger partial charge in [0.2, 0.25) is 5.91 Å². The van der Waals surface area contributed by atoms with Gasteiger partial charge < -0.3 is 15.0 Å². The summed E-state index contributed by atoms with van der Waals surface area (Å²) in [5.74, 6) is 0.475. The Hall–Kier alpha value is -4.14. The first-order valence-corrected chi connectivity index (χ1v) is 12.8. The lowest BCUT2D eigenvalue weighted by Gasteiger charge is -2.33. The first-order chi connectivity index (χ1) is 18.6. The van der Waals surface area contributed by atoms with Crippen molar-refractivity contribution in [2.24, 2.45) is 5.41 Å². The number of piperidine rings is 1. The van der Waals surface area contributed by atoms with E-state index in [9.17, 15) is 22.8 Å². The van der Waals surface area contributed by atoms with Gasteiger partial charge in [-0.1, -0.05) is 6.07 Å². The van der Waals surface area contributed by atoms with Crippen LogP contribution in [0.4, 0.5) is 13.2 Å². The van der Waals surface area contributed by atoms with Crippen LogP contribution in [0.25, 0.3) is 6.08 Å². The fraction of sp³-hybridized carbons (Fsp3) is 0.300. The average molecular weight is 536 g/mol. The zero-order chi connectivity index (χ0) is 27.6. The highest BCUT2D eigenvalue weighted by Gasteiger charge is 2.55. The number of aromatic nitrogens is 1. The van der Waals surface area contributed by atoms with Crippen molar-refractivity contribution in [1.82, 2.24) is 15.2 Å². The van der Waals surface area contributed by atoms with Crippen LogP contribution >= 0.6 is 0 Å². The van der Waals surface area contributed by atoms with Gasteiger partial charge >= 0.3 is 6.18 Å².